The third-order valence-corrected chi connectivity index (χ3v) is 2.85. The van der Waals surface area contributed by atoms with Gasteiger partial charge >= 0.3 is 0 Å². The normalized spacial score (nSPS) is 10.3. The Balaban J connectivity index is 2.30. The fraction of sp³-hybridized carbons (Fsp3) is 0.0714. The predicted molar refractivity (Wildman–Crippen MR) is 72.6 cm³/mol. The second-order valence-corrected chi connectivity index (χ2v) is 4.39. The number of carbonyl (C=O) groups is 1. The molecule has 2 rings (SSSR count). The molecule has 0 spiro atoms. The number of hydrogen-bond acceptors (Lipinski definition) is 6. The molecule has 7 heteroatoms. The maximum Gasteiger partial charge on any atom is 0.269 e. The minimum Gasteiger partial charge on any atom is -0.508 e. The molecule has 0 heterocycles. The van der Waals surface area contributed by atoms with Crippen molar-refractivity contribution in [3.05, 3.63) is 57.6 Å². The number of phenols is 3. The van der Waals surface area contributed by atoms with E-state index in [1.54, 1.807) is 0 Å². The summed E-state index contributed by atoms with van der Waals surface area (Å²) in [5.74, 6) is -2.10. The number of non-ortho nitro benzene ring substituents is 1. The van der Waals surface area contributed by atoms with Gasteiger partial charge in [0.15, 0.2) is 5.78 Å². The molecule has 0 aliphatic carbocycles. The van der Waals surface area contributed by atoms with Crippen molar-refractivity contribution in [3.63, 3.8) is 0 Å². The van der Waals surface area contributed by atoms with Crippen molar-refractivity contribution in [2.75, 3.05) is 0 Å². The van der Waals surface area contributed by atoms with Crippen LogP contribution in [0.15, 0.2) is 36.4 Å². The van der Waals surface area contributed by atoms with Gasteiger partial charge < -0.3 is 15.3 Å². The standard InChI is InChI=1S/C14H11NO6/c16-10-6-12(18)14(13(19)7-10)11(17)5-8-2-1-3-9(4-8)15(20)21/h1-4,6-7,16,18-19H,5H2. The van der Waals surface area contributed by atoms with Crippen molar-refractivity contribution in [2.24, 2.45) is 0 Å². The Hall–Kier alpha value is -3.09. The first-order valence-corrected chi connectivity index (χ1v) is 5.90. The molecule has 7 nitrogen and oxygen atoms in total. The van der Waals surface area contributed by atoms with E-state index in [-0.39, 0.29) is 23.4 Å². The first kappa shape index (κ1) is 14.3. The monoisotopic (exact) mass is 289 g/mol. The largest absolute Gasteiger partial charge is 0.508 e. The summed E-state index contributed by atoms with van der Waals surface area (Å²) < 4.78 is 0. The van der Waals surface area contributed by atoms with E-state index < -0.39 is 22.2 Å². The minimum atomic E-state index is -0.620. The first-order chi connectivity index (χ1) is 9.88. The third-order valence-electron chi connectivity index (χ3n) is 2.85. The fourth-order valence-electron chi connectivity index (χ4n) is 1.94. The van der Waals surface area contributed by atoms with E-state index >= 15 is 0 Å². The topological polar surface area (TPSA) is 121 Å². The van der Waals surface area contributed by atoms with Gasteiger partial charge in [-0.25, -0.2) is 0 Å². The Bertz CT molecular complexity index is 702. The van der Waals surface area contributed by atoms with Crippen molar-refractivity contribution in [3.8, 4) is 17.2 Å². The molecule has 0 fully saturated rings. The van der Waals surface area contributed by atoms with Gasteiger partial charge in [0.2, 0.25) is 0 Å². The van der Waals surface area contributed by atoms with Gasteiger partial charge in [0.05, 0.1) is 4.92 Å². The molecule has 0 unspecified atom stereocenters. The molecule has 0 saturated carbocycles. The zero-order chi connectivity index (χ0) is 15.6. The van der Waals surface area contributed by atoms with Crippen LogP contribution in [0.4, 0.5) is 5.69 Å². The van der Waals surface area contributed by atoms with Crippen LogP contribution in [0, 0.1) is 10.1 Å². The van der Waals surface area contributed by atoms with Crippen LogP contribution in [0.5, 0.6) is 17.2 Å². The number of nitrogens with zero attached hydrogens (tertiary/aromatic N) is 1. The number of hydrogen-bond donors (Lipinski definition) is 3. The first-order valence-electron chi connectivity index (χ1n) is 5.90. The van der Waals surface area contributed by atoms with Crippen molar-refractivity contribution >= 4 is 11.5 Å². The third kappa shape index (κ3) is 3.08. The summed E-state index contributed by atoms with van der Waals surface area (Å²) in [6, 6.07) is 7.37. The number of aromatic hydroxyl groups is 3. The zero-order valence-electron chi connectivity index (χ0n) is 10.7. The number of nitro groups is 1. The maximum atomic E-state index is 12.1. The fourth-order valence-corrected chi connectivity index (χ4v) is 1.94. The Morgan fingerprint density at radius 3 is 2.29 bits per heavy atom. The van der Waals surface area contributed by atoms with E-state index in [4.69, 9.17) is 0 Å². The molecule has 21 heavy (non-hydrogen) atoms. The van der Waals surface area contributed by atoms with E-state index in [2.05, 4.69) is 0 Å². The van der Waals surface area contributed by atoms with Crippen molar-refractivity contribution in [1.29, 1.82) is 0 Å². The number of ketones is 1. The van der Waals surface area contributed by atoms with E-state index in [0.29, 0.717) is 5.56 Å². The highest BCUT2D eigenvalue weighted by Gasteiger charge is 2.19. The van der Waals surface area contributed by atoms with Crippen LogP contribution in [0.25, 0.3) is 0 Å². The van der Waals surface area contributed by atoms with Gasteiger partial charge in [-0.2, -0.15) is 0 Å². The van der Waals surface area contributed by atoms with Gasteiger partial charge in [0, 0.05) is 30.7 Å². The zero-order valence-corrected chi connectivity index (χ0v) is 10.7. The van der Waals surface area contributed by atoms with Crippen molar-refractivity contribution in [2.45, 2.75) is 6.42 Å². The van der Waals surface area contributed by atoms with Gasteiger partial charge in [0.25, 0.3) is 5.69 Å². The lowest BCUT2D eigenvalue weighted by Gasteiger charge is -2.07. The van der Waals surface area contributed by atoms with Gasteiger partial charge in [0.1, 0.15) is 22.8 Å². The second kappa shape index (κ2) is 5.49. The summed E-state index contributed by atoms with van der Waals surface area (Å²) in [7, 11) is 0. The lowest BCUT2D eigenvalue weighted by molar-refractivity contribution is -0.384. The Morgan fingerprint density at radius 1 is 1.10 bits per heavy atom. The molecule has 0 bridgehead atoms. The van der Waals surface area contributed by atoms with Crippen LogP contribution in [-0.2, 0) is 6.42 Å². The summed E-state index contributed by atoms with van der Waals surface area (Å²) in [5.41, 5.74) is -0.111. The number of rotatable bonds is 4. The molecular formula is C14H11NO6. The molecule has 0 radical (unpaired) electrons. The number of benzene rings is 2. The summed E-state index contributed by atoms with van der Waals surface area (Å²) in [5, 5.41) is 39.1. The SMILES string of the molecule is O=C(Cc1cccc([N+](=O)[O-])c1)c1c(O)cc(O)cc1O. The highest BCUT2D eigenvalue weighted by atomic mass is 16.6. The van der Waals surface area contributed by atoms with Gasteiger partial charge in [-0.1, -0.05) is 12.1 Å². The van der Waals surface area contributed by atoms with E-state index in [0.717, 1.165) is 12.1 Å². The molecule has 0 aliphatic heterocycles. The highest BCUT2D eigenvalue weighted by molar-refractivity contribution is 6.02. The maximum absolute atomic E-state index is 12.1. The molecule has 2 aromatic rings. The van der Waals surface area contributed by atoms with E-state index in [1.165, 1.54) is 24.3 Å². The van der Waals surface area contributed by atoms with Crippen LogP contribution < -0.4 is 0 Å². The highest BCUT2D eigenvalue weighted by Crippen LogP contribution is 2.33. The van der Waals surface area contributed by atoms with Crippen molar-refractivity contribution in [1.82, 2.24) is 0 Å². The number of Topliss-reactive ketones (excluding diaryl/α,β-unsaturated/α-hetero) is 1. The lowest BCUT2D eigenvalue weighted by atomic mass is 10.0. The summed E-state index contributed by atoms with van der Waals surface area (Å²) in [6.45, 7) is 0. The lowest BCUT2D eigenvalue weighted by Crippen LogP contribution is -2.05. The van der Waals surface area contributed by atoms with Crippen LogP contribution >= 0.6 is 0 Å². The van der Waals surface area contributed by atoms with Crippen LogP contribution in [0.2, 0.25) is 0 Å². The Labute approximate surface area is 118 Å². The number of nitro benzene ring substituents is 1. The molecule has 108 valence electrons. The molecule has 0 amide bonds. The minimum absolute atomic E-state index is 0.153. The smallest absolute Gasteiger partial charge is 0.269 e. The molecule has 0 aromatic heterocycles. The van der Waals surface area contributed by atoms with Crippen molar-refractivity contribution < 1.29 is 25.0 Å². The molecular weight excluding hydrogens is 278 g/mol. The summed E-state index contributed by atoms with van der Waals surface area (Å²) in [6.07, 6.45) is -0.229. The van der Waals surface area contributed by atoms with Gasteiger partial charge in [-0.05, 0) is 5.56 Å². The average molecular weight is 289 g/mol. The van der Waals surface area contributed by atoms with Crippen LogP contribution in [0.3, 0.4) is 0 Å². The predicted octanol–water partition coefficient (Wildman–Crippen LogP) is 2.14. The molecule has 0 atom stereocenters. The quantitative estimate of drug-likeness (QED) is 0.450. The van der Waals surface area contributed by atoms with E-state index in [1.807, 2.05) is 0 Å². The van der Waals surface area contributed by atoms with Gasteiger partial charge in [-0.3, -0.25) is 14.9 Å². The molecule has 0 saturated heterocycles. The second-order valence-electron chi connectivity index (χ2n) is 4.39. The van der Waals surface area contributed by atoms with Crippen LogP contribution in [-0.4, -0.2) is 26.0 Å². The number of phenolic OH excluding ortho intramolecular Hbond substituents is 3. The number of carbonyl (C=O) groups excluding carboxylic acids is 1. The molecule has 2 aromatic carbocycles. The molecule has 3 N–H and O–H groups in total. The Kier molecular flexibility index (Phi) is 3.75. The van der Waals surface area contributed by atoms with Crippen LogP contribution in [0.1, 0.15) is 15.9 Å². The van der Waals surface area contributed by atoms with Gasteiger partial charge in [-0.15, -0.1) is 0 Å². The summed E-state index contributed by atoms with van der Waals surface area (Å²) >= 11 is 0. The molecule has 0 aliphatic rings. The summed E-state index contributed by atoms with van der Waals surface area (Å²) in [4.78, 5) is 22.2. The Morgan fingerprint density at radius 2 is 1.71 bits per heavy atom. The average Bonchev–Trinajstić information content (AvgIpc) is 2.37. The van der Waals surface area contributed by atoms with E-state index in [9.17, 15) is 30.2 Å².